The number of hydroxylamine groups is 1. The molecule has 2 N–H and O–H groups in total. The van der Waals surface area contributed by atoms with Gasteiger partial charge < -0.3 is 0 Å². The Hall–Kier alpha value is -1.36. The van der Waals surface area contributed by atoms with Gasteiger partial charge in [-0.1, -0.05) is 5.21 Å². The van der Waals surface area contributed by atoms with Crippen molar-refractivity contribution in [3.8, 4) is 0 Å². The van der Waals surface area contributed by atoms with Crippen LogP contribution < -0.4 is 10.8 Å². The van der Waals surface area contributed by atoms with E-state index in [1.807, 2.05) is 5.32 Å². The average Bonchev–Trinajstić information content (AvgIpc) is 2.10. The van der Waals surface area contributed by atoms with Crippen LogP contribution in [0.4, 0.5) is 0 Å². The molecule has 1 radical (unpaired) electrons. The number of carbonyl (C=O) groups excluding carboxylic acids is 2. The molecule has 0 bridgehead atoms. The summed E-state index contributed by atoms with van der Waals surface area (Å²) < 4.78 is 0. The lowest BCUT2D eigenvalue weighted by molar-refractivity contribution is -0.124. The molecule has 1 heterocycles. The second-order valence-electron chi connectivity index (χ2n) is 1.48. The van der Waals surface area contributed by atoms with Gasteiger partial charge in [0, 0.05) is 6.08 Å². The maximum absolute atomic E-state index is 10.4. The van der Waals surface area contributed by atoms with E-state index in [0.29, 0.717) is 0 Å². The average molecular weight is 127 g/mol. The minimum Gasteiger partial charge on any atom is -0.287 e. The Morgan fingerprint density at radius 1 is 1.44 bits per heavy atom. The molecule has 0 aromatic rings. The van der Waals surface area contributed by atoms with E-state index in [2.05, 4.69) is 0 Å². The highest BCUT2D eigenvalue weighted by Crippen LogP contribution is 1.94. The van der Waals surface area contributed by atoms with Gasteiger partial charge >= 0.3 is 0 Å². The predicted molar refractivity (Wildman–Crippen MR) is 25.1 cm³/mol. The number of imide groups is 1. The largest absolute Gasteiger partial charge is 0.287 e. The number of hydrogen-bond donors (Lipinski definition) is 2. The third-order valence-electron chi connectivity index (χ3n) is 0.867. The van der Waals surface area contributed by atoms with Crippen molar-refractivity contribution in [3.63, 3.8) is 0 Å². The molecule has 0 aliphatic carbocycles. The lowest BCUT2D eigenvalue weighted by Gasteiger charge is -1.89. The normalized spacial score (nSPS) is 17.2. The lowest BCUT2D eigenvalue weighted by Crippen LogP contribution is -2.25. The molecule has 5 heteroatoms. The number of carbonyl (C=O) groups is 2. The van der Waals surface area contributed by atoms with Crippen LogP contribution in [0, 0.1) is 0 Å². The van der Waals surface area contributed by atoms with Gasteiger partial charge in [0.05, 0.1) is 0 Å². The first kappa shape index (κ1) is 5.77. The van der Waals surface area contributed by atoms with Gasteiger partial charge in [0.25, 0.3) is 11.8 Å². The monoisotopic (exact) mass is 127 g/mol. The first-order valence-corrected chi connectivity index (χ1v) is 2.19. The smallest absolute Gasteiger partial charge is 0.276 e. The number of hydrogen-bond acceptors (Lipinski definition) is 3. The van der Waals surface area contributed by atoms with E-state index in [0.717, 1.165) is 6.08 Å². The molecule has 47 valence electrons. The molecule has 2 amide bonds. The molecule has 0 saturated heterocycles. The van der Waals surface area contributed by atoms with Crippen molar-refractivity contribution in [2.75, 3.05) is 0 Å². The standard InChI is InChI=1S/C4H3N2O3/c7-3-1-2(6-9)4(8)5-3/h1H,(H2,5,6,7,8). The molecule has 1 aliphatic rings. The van der Waals surface area contributed by atoms with Crippen molar-refractivity contribution in [2.45, 2.75) is 0 Å². The van der Waals surface area contributed by atoms with Gasteiger partial charge in [-0.05, 0) is 0 Å². The molecule has 0 unspecified atom stereocenters. The molecule has 9 heavy (non-hydrogen) atoms. The van der Waals surface area contributed by atoms with Crippen LogP contribution in [0.15, 0.2) is 11.8 Å². The van der Waals surface area contributed by atoms with Gasteiger partial charge in [-0.15, -0.1) is 0 Å². The summed E-state index contributed by atoms with van der Waals surface area (Å²) in [5.41, 5.74) is 1.09. The second kappa shape index (κ2) is 1.87. The van der Waals surface area contributed by atoms with Crippen molar-refractivity contribution in [3.05, 3.63) is 11.8 Å². The summed E-state index contributed by atoms with van der Waals surface area (Å²) in [6, 6.07) is 0. The van der Waals surface area contributed by atoms with Crippen LogP contribution >= 0.6 is 0 Å². The van der Waals surface area contributed by atoms with E-state index in [1.165, 1.54) is 5.48 Å². The number of rotatable bonds is 1. The van der Waals surface area contributed by atoms with Gasteiger partial charge in [-0.25, -0.2) is 5.48 Å². The van der Waals surface area contributed by atoms with Crippen LogP contribution in [0.3, 0.4) is 0 Å². The van der Waals surface area contributed by atoms with Crippen LogP contribution in [0.1, 0.15) is 0 Å². The first-order chi connectivity index (χ1) is 4.24. The first-order valence-electron chi connectivity index (χ1n) is 2.19. The van der Waals surface area contributed by atoms with Crippen molar-refractivity contribution < 1.29 is 14.8 Å². The van der Waals surface area contributed by atoms with Crippen molar-refractivity contribution in [1.82, 2.24) is 10.8 Å². The highest BCUT2D eigenvalue weighted by molar-refractivity contribution is 6.15. The topological polar surface area (TPSA) is 78.1 Å². The zero-order chi connectivity index (χ0) is 6.85. The van der Waals surface area contributed by atoms with Crippen molar-refractivity contribution >= 4 is 11.8 Å². The number of amides is 2. The van der Waals surface area contributed by atoms with Crippen molar-refractivity contribution in [1.29, 1.82) is 0 Å². The molecule has 0 saturated carbocycles. The minimum atomic E-state index is -0.671. The Morgan fingerprint density at radius 3 is 2.33 bits per heavy atom. The summed E-state index contributed by atoms with van der Waals surface area (Å²) in [4.78, 5) is 20.6. The molecular formula is C4H3N2O3. The number of nitrogens with one attached hydrogen (secondary N) is 2. The Balaban J connectivity index is 2.80. The van der Waals surface area contributed by atoms with E-state index < -0.39 is 11.8 Å². The minimum absolute atomic E-state index is 0.236. The van der Waals surface area contributed by atoms with Gasteiger partial charge in [-0.2, -0.15) is 0 Å². The SMILES string of the molecule is [O]NC1=CC(=O)NC1=O. The molecule has 0 aromatic heterocycles. The van der Waals surface area contributed by atoms with Crippen LogP contribution in [-0.4, -0.2) is 11.8 Å². The zero-order valence-corrected chi connectivity index (χ0v) is 4.30. The molecule has 1 rings (SSSR count). The third-order valence-corrected chi connectivity index (χ3v) is 0.867. The molecule has 1 aliphatic heterocycles. The van der Waals surface area contributed by atoms with Gasteiger partial charge in [-0.3, -0.25) is 14.9 Å². The predicted octanol–water partition coefficient (Wildman–Crippen LogP) is -1.54. The lowest BCUT2D eigenvalue weighted by atomic mass is 10.5. The second-order valence-corrected chi connectivity index (χ2v) is 1.48. The Bertz CT molecular complexity index is 196. The summed E-state index contributed by atoms with van der Waals surface area (Å²) in [6.45, 7) is 0. The van der Waals surface area contributed by atoms with Crippen LogP contribution in [-0.2, 0) is 14.8 Å². The molecule has 0 atom stereocenters. The van der Waals surface area contributed by atoms with E-state index in [1.54, 1.807) is 0 Å². The summed E-state index contributed by atoms with van der Waals surface area (Å²) in [7, 11) is 0. The maximum atomic E-state index is 10.4. The van der Waals surface area contributed by atoms with Crippen LogP contribution in [0.5, 0.6) is 0 Å². The summed E-state index contributed by atoms with van der Waals surface area (Å²) in [5.74, 6) is -1.23. The van der Waals surface area contributed by atoms with Gasteiger partial charge in [0.2, 0.25) is 0 Å². The maximum Gasteiger partial charge on any atom is 0.276 e. The summed E-state index contributed by atoms with van der Waals surface area (Å²) in [6.07, 6.45) is 0.912. The molecule has 0 aromatic carbocycles. The molecule has 0 spiro atoms. The van der Waals surface area contributed by atoms with Crippen LogP contribution in [0.2, 0.25) is 0 Å². The van der Waals surface area contributed by atoms with Crippen LogP contribution in [0.25, 0.3) is 0 Å². The quantitative estimate of drug-likeness (QED) is 0.331. The molecule has 5 nitrogen and oxygen atoms in total. The van der Waals surface area contributed by atoms with E-state index in [9.17, 15) is 14.8 Å². The van der Waals surface area contributed by atoms with E-state index >= 15 is 0 Å². The highest BCUT2D eigenvalue weighted by atomic mass is 16.5. The van der Waals surface area contributed by atoms with Gasteiger partial charge in [0.15, 0.2) is 0 Å². The fourth-order valence-electron chi connectivity index (χ4n) is 0.488. The van der Waals surface area contributed by atoms with Gasteiger partial charge in [0.1, 0.15) is 5.70 Å². The molecule has 0 fully saturated rings. The summed E-state index contributed by atoms with van der Waals surface area (Å²) >= 11 is 0. The fraction of sp³-hybridized carbons (Fsp3) is 0. The Morgan fingerprint density at radius 2 is 2.11 bits per heavy atom. The summed E-state index contributed by atoms with van der Waals surface area (Å²) in [5, 5.41) is 11.6. The third kappa shape index (κ3) is 0.895. The highest BCUT2D eigenvalue weighted by Gasteiger charge is 2.19. The van der Waals surface area contributed by atoms with E-state index in [4.69, 9.17) is 0 Å². The Kier molecular flexibility index (Phi) is 1.20. The fourth-order valence-corrected chi connectivity index (χ4v) is 0.488. The zero-order valence-electron chi connectivity index (χ0n) is 4.30. The molecular weight excluding hydrogens is 124 g/mol. The van der Waals surface area contributed by atoms with Crippen molar-refractivity contribution in [2.24, 2.45) is 0 Å². The Labute approximate surface area is 50.3 Å². The van der Waals surface area contributed by atoms with E-state index in [-0.39, 0.29) is 5.70 Å².